The summed E-state index contributed by atoms with van der Waals surface area (Å²) in [6.45, 7) is 1.71. The Morgan fingerprint density at radius 1 is 1.30 bits per heavy atom. The lowest BCUT2D eigenvalue weighted by molar-refractivity contribution is -0.143. The van der Waals surface area contributed by atoms with Crippen LogP contribution in [0.2, 0.25) is 0 Å². The molecule has 0 unspecified atom stereocenters. The van der Waals surface area contributed by atoms with Crippen molar-refractivity contribution in [3.8, 4) is 0 Å². The molecule has 1 N–H and O–H groups in total. The van der Waals surface area contributed by atoms with E-state index in [4.69, 9.17) is 0 Å². The van der Waals surface area contributed by atoms with Gasteiger partial charge in [-0.25, -0.2) is 8.78 Å². The summed E-state index contributed by atoms with van der Waals surface area (Å²) in [5, 5.41) is 5.96. The van der Waals surface area contributed by atoms with Gasteiger partial charge < -0.3 is 10.2 Å². The fraction of sp³-hybridized carbons (Fsp3) is 0.267. The van der Waals surface area contributed by atoms with Gasteiger partial charge in [0.15, 0.2) is 0 Å². The van der Waals surface area contributed by atoms with Crippen LogP contribution in [0.15, 0.2) is 30.6 Å². The molecule has 0 fully saturated rings. The maximum atomic E-state index is 13.5. The van der Waals surface area contributed by atoms with Crippen molar-refractivity contribution in [3.05, 3.63) is 47.8 Å². The van der Waals surface area contributed by atoms with Gasteiger partial charge in [-0.3, -0.25) is 14.3 Å². The van der Waals surface area contributed by atoms with E-state index in [-0.39, 0.29) is 0 Å². The number of carbonyl (C=O) groups excluding carboxylic acids is 2. The number of anilines is 1. The number of aromatic nitrogens is 2. The fourth-order valence-electron chi connectivity index (χ4n) is 2.00. The van der Waals surface area contributed by atoms with Crippen LogP contribution in [0.4, 0.5) is 14.5 Å². The lowest BCUT2D eigenvalue weighted by atomic mass is 10.1. The van der Waals surface area contributed by atoms with E-state index < -0.39 is 35.2 Å². The van der Waals surface area contributed by atoms with Gasteiger partial charge in [-0.1, -0.05) is 6.07 Å². The Morgan fingerprint density at radius 3 is 2.43 bits per heavy atom. The summed E-state index contributed by atoms with van der Waals surface area (Å²) in [4.78, 5) is 25.2. The summed E-state index contributed by atoms with van der Waals surface area (Å²) in [5.41, 5.74) is 0.0847. The maximum Gasteiger partial charge on any atom is 0.314 e. The molecule has 1 heterocycles. The van der Waals surface area contributed by atoms with Crippen molar-refractivity contribution in [2.45, 2.75) is 13.0 Å². The number of likely N-dealkylation sites (N-methyl/N-ethyl adjacent to an activating group) is 1. The van der Waals surface area contributed by atoms with Crippen LogP contribution < -0.4 is 5.32 Å². The highest BCUT2D eigenvalue weighted by atomic mass is 19.1. The van der Waals surface area contributed by atoms with Crippen LogP contribution in [0.3, 0.4) is 0 Å². The fourth-order valence-corrected chi connectivity index (χ4v) is 2.00. The number of nitrogens with zero attached hydrogens (tertiary/aromatic N) is 3. The highest BCUT2D eigenvalue weighted by Crippen LogP contribution is 2.20. The van der Waals surface area contributed by atoms with Gasteiger partial charge >= 0.3 is 11.8 Å². The third kappa shape index (κ3) is 3.53. The minimum atomic E-state index is -1.12. The number of carbonyl (C=O) groups is 2. The molecule has 1 aromatic carbocycles. The van der Waals surface area contributed by atoms with Gasteiger partial charge in [0.2, 0.25) is 0 Å². The number of halogens is 2. The summed E-state index contributed by atoms with van der Waals surface area (Å²) in [6, 6.07) is 2.72. The van der Waals surface area contributed by atoms with Crippen LogP contribution in [-0.2, 0) is 16.6 Å². The third-order valence-corrected chi connectivity index (χ3v) is 3.50. The third-order valence-electron chi connectivity index (χ3n) is 3.50. The summed E-state index contributed by atoms with van der Waals surface area (Å²) in [5.74, 6) is -3.93. The molecule has 6 nitrogen and oxygen atoms in total. The van der Waals surface area contributed by atoms with Crippen molar-refractivity contribution in [3.63, 3.8) is 0 Å². The highest BCUT2D eigenvalue weighted by molar-refractivity contribution is 6.39. The molecule has 0 spiro atoms. The van der Waals surface area contributed by atoms with Crippen LogP contribution in [0.5, 0.6) is 0 Å². The summed E-state index contributed by atoms with van der Waals surface area (Å²) < 4.78 is 28.6. The van der Waals surface area contributed by atoms with Gasteiger partial charge in [0.05, 0.1) is 12.2 Å². The quantitative estimate of drug-likeness (QED) is 0.877. The second kappa shape index (κ2) is 6.55. The molecule has 2 rings (SSSR count). The van der Waals surface area contributed by atoms with Gasteiger partial charge in [-0.05, 0) is 19.1 Å². The van der Waals surface area contributed by atoms with Crippen molar-refractivity contribution in [1.29, 1.82) is 0 Å². The molecular formula is C15H16F2N4O2. The van der Waals surface area contributed by atoms with Crippen molar-refractivity contribution < 1.29 is 18.4 Å². The van der Waals surface area contributed by atoms with E-state index in [1.54, 1.807) is 31.0 Å². The number of aryl methyl sites for hydroxylation is 1. The van der Waals surface area contributed by atoms with Gasteiger partial charge in [-0.2, -0.15) is 5.10 Å². The van der Waals surface area contributed by atoms with Crippen molar-refractivity contribution >= 4 is 17.5 Å². The maximum absolute atomic E-state index is 13.5. The largest absolute Gasteiger partial charge is 0.331 e. The van der Waals surface area contributed by atoms with E-state index in [1.165, 1.54) is 18.0 Å². The second-order valence-corrected chi connectivity index (χ2v) is 5.09. The number of benzene rings is 1. The molecule has 2 aromatic rings. The molecule has 23 heavy (non-hydrogen) atoms. The molecule has 0 aliphatic rings. The van der Waals surface area contributed by atoms with Gasteiger partial charge in [-0.15, -0.1) is 0 Å². The van der Waals surface area contributed by atoms with Crippen molar-refractivity contribution in [2.75, 3.05) is 12.4 Å². The molecule has 122 valence electrons. The number of para-hydroxylation sites is 1. The first-order chi connectivity index (χ1) is 10.8. The molecule has 8 heteroatoms. The number of hydrogen-bond donors (Lipinski definition) is 1. The predicted octanol–water partition coefficient (Wildman–Crippen LogP) is 1.86. The van der Waals surface area contributed by atoms with Gasteiger partial charge in [0.1, 0.15) is 17.3 Å². The first kappa shape index (κ1) is 16.6. The molecule has 0 saturated carbocycles. The topological polar surface area (TPSA) is 67.2 Å². The number of rotatable bonds is 3. The van der Waals surface area contributed by atoms with Crippen LogP contribution in [0.1, 0.15) is 18.5 Å². The lowest BCUT2D eigenvalue weighted by Crippen LogP contribution is -2.38. The minimum absolute atomic E-state index is 0.424. The normalized spacial score (nSPS) is 11.9. The number of nitrogens with one attached hydrogen (secondary N) is 1. The standard InChI is InChI=1S/C15H16F2N4O2/c1-9(10-7-18-20(2)8-10)21(3)15(23)14(22)19-13-11(16)5-4-6-12(13)17/h4-9H,1-3H3,(H,19,22)/t9-/m1/s1. The molecule has 0 aliphatic carbocycles. The zero-order chi connectivity index (χ0) is 17.1. The van der Waals surface area contributed by atoms with E-state index in [2.05, 4.69) is 5.10 Å². The van der Waals surface area contributed by atoms with Crippen molar-refractivity contribution in [2.24, 2.45) is 7.05 Å². The molecule has 1 atom stereocenters. The Balaban J connectivity index is 2.11. The average Bonchev–Trinajstić information content (AvgIpc) is 2.95. The number of amides is 2. The van der Waals surface area contributed by atoms with Crippen molar-refractivity contribution in [1.82, 2.24) is 14.7 Å². The molecule has 1 aromatic heterocycles. The Morgan fingerprint density at radius 2 is 1.91 bits per heavy atom. The highest BCUT2D eigenvalue weighted by Gasteiger charge is 2.26. The monoisotopic (exact) mass is 322 g/mol. The van der Waals surface area contributed by atoms with Gasteiger partial charge in [0, 0.05) is 25.9 Å². The summed E-state index contributed by atoms with van der Waals surface area (Å²) in [6.07, 6.45) is 3.28. The smallest absolute Gasteiger partial charge is 0.314 e. The van der Waals surface area contributed by atoms with E-state index in [1.807, 2.05) is 5.32 Å². The molecule has 2 amide bonds. The van der Waals surface area contributed by atoms with Gasteiger partial charge in [0.25, 0.3) is 0 Å². The molecule has 0 radical (unpaired) electrons. The molecule has 0 saturated heterocycles. The minimum Gasteiger partial charge on any atom is -0.331 e. The zero-order valence-electron chi connectivity index (χ0n) is 12.9. The van der Waals surface area contributed by atoms with E-state index in [9.17, 15) is 18.4 Å². The molecule has 0 bridgehead atoms. The van der Waals surface area contributed by atoms with Crippen LogP contribution in [0.25, 0.3) is 0 Å². The molecule has 0 aliphatic heterocycles. The Bertz CT molecular complexity index is 725. The zero-order valence-corrected chi connectivity index (χ0v) is 12.9. The molecular weight excluding hydrogens is 306 g/mol. The second-order valence-electron chi connectivity index (χ2n) is 5.09. The van der Waals surface area contributed by atoms with Crippen LogP contribution in [0, 0.1) is 11.6 Å². The first-order valence-electron chi connectivity index (χ1n) is 6.82. The number of hydrogen-bond acceptors (Lipinski definition) is 3. The van der Waals surface area contributed by atoms with Crippen LogP contribution >= 0.6 is 0 Å². The Kier molecular flexibility index (Phi) is 4.73. The first-order valence-corrected chi connectivity index (χ1v) is 6.82. The van der Waals surface area contributed by atoms with E-state index in [0.717, 1.165) is 17.7 Å². The Labute approximate surface area is 131 Å². The van der Waals surface area contributed by atoms with E-state index in [0.29, 0.717) is 0 Å². The summed E-state index contributed by atoms with van der Waals surface area (Å²) in [7, 11) is 3.16. The average molecular weight is 322 g/mol. The lowest BCUT2D eigenvalue weighted by Gasteiger charge is -2.23. The Hall–Kier alpha value is -2.77. The predicted molar refractivity (Wildman–Crippen MR) is 79.4 cm³/mol. The van der Waals surface area contributed by atoms with E-state index >= 15 is 0 Å². The van der Waals surface area contributed by atoms with Crippen LogP contribution in [-0.4, -0.2) is 33.5 Å². The SMILES string of the molecule is C[C@H](c1cnn(C)c1)N(C)C(=O)C(=O)Nc1c(F)cccc1F. The summed E-state index contributed by atoms with van der Waals surface area (Å²) >= 11 is 0.